The van der Waals surface area contributed by atoms with Crippen LogP contribution in [0.1, 0.15) is 58.0 Å². The number of nitrogens with one attached hydrogen (secondary N) is 1. The summed E-state index contributed by atoms with van der Waals surface area (Å²) >= 11 is 3.31. The molecule has 0 aliphatic heterocycles. The van der Waals surface area contributed by atoms with Gasteiger partial charge in [0.1, 0.15) is 15.9 Å². The fourth-order valence-corrected chi connectivity index (χ4v) is 3.29. The molecule has 1 N–H and O–H groups in total. The second-order valence-electron chi connectivity index (χ2n) is 6.39. The van der Waals surface area contributed by atoms with E-state index in [-0.39, 0.29) is 5.56 Å². The van der Waals surface area contributed by atoms with Crippen LogP contribution in [0.25, 0.3) is 0 Å². The van der Waals surface area contributed by atoms with Crippen LogP contribution in [0.3, 0.4) is 0 Å². The SMILES string of the molecule is CCc1nc(C2(OC)CCC(C)(C)CC2)[nH]c(=O)c1Br. The van der Waals surface area contributed by atoms with E-state index in [2.05, 4.69) is 39.7 Å². The number of aromatic nitrogens is 2. The summed E-state index contributed by atoms with van der Waals surface area (Å²) in [6.45, 7) is 6.56. The monoisotopic (exact) mass is 342 g/mol. The highest BCUT2D eigenvalue weighted by molar-refractivity contribution is 9.10. The maximum Gasteiger partial charge on any atom is 0.265 e. The van der Waals surface area contributed by atoms with Crippen LogP contribution in [0, 0.1) is 5.41 Å². The molecule has 0 saturated heterocycles. The van der Waals surface area contributed by atoms with Gasteiger partial charge in [-0.2, -0.15) is 0 Å². The Morgan fingerprint density at radius 3 is 2.40 bits per heavy atom. The number of methoxy groups -OCH3 is 1. The number of aromatic amines is 1. The highest BCUT2D eigenvalue weighted by Crippen LogP contribution is 2.46. The Kier molecular flexibility index (Phi) is 4.40. The summed E-state index contributed by atoms with van der Waals surface area (Å²) < 4.78 is 6.34. The quantitative estimate of drug-likeness (QED) is 0.913. The number of hydrogen-bond acceptors (Lipinski definition) is 3. The summed E-state index contributed by atoms with van der Waals surface area (Å²) in [5.41, 5.74) is 0.572. The first-order chi connectivity index (χ1) is 9.33. The van der Waals surface area contributed by atoms with Crippen molar-refractivity contribution in [3.05, 3.63) is 26.3 Å². The normalized spacial score (nSPS) is 20.9. The molecule has 112 valence electrons. The lowest BCUT2D eigenvalue weighted by atomic mass is 9.70. The Hall–Kier alpha value is -0.680. The molecule has 0 radical (unpaired) electrons. The van der Waals surface area contributed by atoms with Gasteiger partial charge < -0.3 is 9.72 Å². The van der Waals surface area contributed by atoms with Gasteiger partial charge in [-0.1, -0.05) is 20.8 Å². The number of H-pyrrole nitrogens is 1. The fraction of sp³-hybridized carbons (Fsp3) is 0.733. The molecule has 1 fully saturated rings. The minimum absolute atomic E-state index is 0.117. The van der Waals surface area contributed by atoms with Crippen molar-refractivity contribution in [2.45, 2.75) is 58.5 Å². The van der Waals surface area contributed by atoms with Crippen LogP contribution in [-0.4, -0.2) is 17.1 Å². The van der Waals surface area contributed by atoms with Crippen molar-refractivity contribution in [2.75, 3.05) is 7.11 Å². The smallest absolute Gasteiger partial charge is 0.265 e. The van der Waals surface area contributed by atoms with Crippen LogP contribution >= 0.6 is 15.9 Å². The third-order valence-electron chi connectivity index (χ3n) is 4.50. The maximum atomic E-state index is 12.0. The first-order valence-electron chi connectivity index (χ1n) is 7.18. The van der Waals surface area contributed by atoms with Gasteiger partial charge in [0.05, 0.1) is 5.69 Å². The van der Waals surface area contributed by atoms with Gasteiger partial charge in [0, 0.05) is 7.11 Å². The summed E-state index contributed by atoms with van der Waals surface area (Å²) in [6, 6.07) is 0. The largest absolute Gasteiger partial charge is 0.370 e. The van der Waals surface area contributed by atoms with Gasteiger partial charge in [-0.05, 0) is 53.4 Å². The molecule has 0 unspecified atom stereocenters. The molecule has 2 rings (SSSR count). The first-order valence-corrected chi connectivity index (χ1v) is 7.97. The maximum absolute atomic E-state index is 12.0. The van der Waals surface area contributed by atoms with Crippen LogP contribution < -0.4 is 5.56 Å². The van der Waals surface area contributed by atoms with Gasteiger partial charge in [0.25, 0.3) is 5.56 Å². The molecule has 0 amide bonds. The zero-order valence-electron chi connectivity index (χ0n) is 12.7. The summed E-state index contributed by atoms with van der Waals surface area (Å²) in [4.78, 5) is 19.6. The van der Waals surface area contributed by atoms with Crippen LogP contribution in [0.15, 0.2) is 9.27 Å². The Balaban J connectivity index is 2.43. The van der Waals surface area contributed by atoms with Crippen molar-refractivity contribution in [3.8, 4) is 0 Å². The van der Waals surface area contributed by atoms with E-state index < -0.39 is 5.60 Å². The molecular weight excluding hydrogens is 320 g/mol. The molecule has 0 aromatic carbocycles. The van der Waals surface area contributed by atoms with Crippen molar-refractivity contribution < 1.29 is 4.74 Å². The number of nitrogens with zero attached hydrogens (tertiary/aromatic N) is 1. The molecule has 1 aromatic heterocycles. The molecule has 1 saturated carbocycles. The van der Waals surface area contributed by atoms with E-state index in [1.54, 1.807) is 7.11 Å². The van der Waals surface area contributed by atoms with Crippen LogP contribution in [0.2, 0.25) is 0 Å². The Morgan fingerprint density at radius 2 is 1.90 bits per heavy atom. The van der Waals surface area contributed by atoms with Gasteiger partial charge in [-0.15, -0.1) is 0 Å². The minimum Gasteiger partial charge on any atom is -0.370 e. The van der Waals surface area contributed by atoms with Crippen molar-refractivity contribution >= 4 is 15.9 Å². The van der Waals surface area contributed by atoms with Crippen LogP contribution in [0.5, 0.6) is 0 Å². The van der Waals surface area contributed by atoms with E-state index in [4.69, 9.17) is 4.74 Å². The zero-order chi connectivity index (χ0) is 15.0. The molecule has 4 nitrogen and oxygen atoms in total. The van der Waals surface area contributed by atoms with Crippen molar-refractivity contribution in [2.24, 2.45) is 5.41 Å². The molecule has 1 aliphatic carbocycles. The molecule has 1 aromatic rings. The van der Waals surface area contributed by atoms with E-state index in [0.717, 1.165) is 37.8 Å². The summed E-state index contributed by atoms with van der Waals surface area (Å²) in [5, 5.41) is 0. The van der Waals surface area contributed by atoms with Crippen molar-refractivity contribution in [1.82, 2.24) is 9.97 Å². The molecule has 20 heavy (non-hydrogen) atoms. The Bertz CT molecular complexity index is 541. The van der Waals surface area contributed by atoms with Gasteiger partial charge in [0.2, 0.25) is 0 Å². The molecule has 1 aliphatic rings. The van der Waals surface area contributed by atoms with Gasteiger partial charge in [0.15, 0.2) is 0 Å². The number of rotatable bonds is 3. The molecular formula is C15H23BrN2O2. The average molecular weight is 343 g/mol. The average Bonchev–Trinajstić information content (AvgIpc) is 2.42. The van der Waals surface area contributed by atoms with E-state index >= 15 is 0 Å². The fourth-order valence-electron chi connectivity index (χ4n) is 2.82. The summed E-state index contributed by atoms with van der Waals surface area (Å²) in [7, 11) is 1.71. The van der Waals surface area contributed by atoms with Crippen LogP contribution in [-0.2, 0) is 16.8 Å². The van der Waals surface area contributed by atoms with Gasteiger partial charge in [-0.25, -0.2) is 4.98 Å². The van der Waals surface area contributed by atoms with Crippen molar-refractivity contribution in [3.63, 3.8) is 0 Å². The molecule has 0 atom stereocenters. The summed E-state index contributed by atoms with van der Waals surface area (Å²) in [5.74, 6) is 0.681. The number of halogens is 1. The number of hydrogen-bond donors (Lipinski definition) is 1. The highest BCUT2D eigenvalue weighted by Gasteiger charge is 2.42. The lowest BCUT2D eigenvalue weighted by Crippen LogP contribution is -2.39. The van der Waals surface area contributed by atoms with Crippen molar-refractivity contribution in [1.29, 1.82) is 0 Å². The molecule has 0 bridgehead atoms. The third-order valence-corrected chi connectivity index (χ3v) is 5.32. The Labute approximate surface area is 128 Å². The Morgan fingerprint density at radius 1 is 1.30 bits per heavy atom. The molecule has 1 heterocycles. The second kappa shape index (κ2) is 5.60. The van der Waals surface area contributed by atoms with Crippen LogP contribution in [0.4, 0.5) is 0 Å². The topological polar surface area (TPSA) is 55.0 Å². The first kappa shape index (κ1) is 15.7. The highest BCUT2D eigenvalue weighted by atomic mass is 79.9. The third kappa shape index (κ3) is 2.84. The lowest BCUT2D eigenvalue weighted by molar-refractivity contribution is -0.0732. The number of aryl methyl sites for hydroxylation is 1. The molecule has 5 heteroatoms. The minimum atomic E-state index is -0.445. The standard InChI is InChI=1S/C15H23BrN2O2/c1-5-10-11(16)12(19)18-13(17-10)15(20-4)8-6-14(2,3)7-9-15/h5-9H2,1-4H3,(H,17,18,19). The predicted molar refractivity (Wildman–Crippen MR) is 82.9 cm³/mol. The number of ether oxygens (including phenoxy) is 1. The van der Waals surface area contributed by atoms with E-state index in [9.17, 15) is 4.79 Å². The second-order valence-corrected chi connectivity index (χ2v) is 7.18. The lowest BCUT2D eigenvalue weighted by Gasteiger charge is -2.41. The van der Waals surface area contributed by atoms with Gasteiger partial charge in [-0.3, -0.25) is 4.79 Å². The molecule has 0 spiro atoms. The van der Waals surface area contributed by atoms with E-state index in [1.807, 2.05) is 6.92 Å². The van der Waals surface area contributed by atoms with E-state index in [1.165, 1.54) is 0 Å². The predicted octanol–water partition coefficient (Wildman–Crippen LogP) is 3.54. The zero-order valence-corrected chi connectivity index (χ0v) is 14.3. The summed E-state index contributed by atoms with van der Waals surface area (Å²) in [6.07, 6.45) is 4.65. The van der Waals surface area contributed by atoms with E-state index in [0.29, 0.717) is 15.7 Å². The van der Waals surface area contributed by atoms with Gasteiger partial charge >= 0.3 is 0 Å².